The van der Waals surface area contributed by atoms with Gasteiger partial charge in [-0.25, -0.2) is 4.39 Å². The monoisotopic (exact) mass is 579 g/mol. The summed E-state index contributed by atoms with van der Waals surface area (Å²) in [6, 6.07) is 18.5. The van der Waals surface area contributed by atoms with E-state index in [1.54, 1.807) is 0 Å². The number of hydrogen-bond acceptors (Lipinski definition) is 6. The third kappa shape index (κ3) is 5.16. The lowest BCUT2D eigenvalue weighted by Crippen LogP contribution is -2.37. The Morgan fingerprint density at radius 2 is 1.19 bits per heavy atom. The van der Waals surface area contributed by atoms with Crippen molar-refractivity contribution in [3.05, 3.63) is 113 Å². The maximum atomic E-state index is 14.6. The Bertz CT molecular complexity index is 1620. The SMILES string of the molecule is CC(=O)Oc1ccc(C2(c3ccc(OC(C)=O)cc3)C(=O)Nc3c2ccc(Oc2ccc(F)cc2)c3C(F)(F)F)cc1. The number of esters is 2. The summed E-state index contributed by atoms with van der Waals surface area (Å²) in [4.78, 5) is 36.8. The molecule has 1 amide bonds. The summed E-state index contributed by atoms with van der Waals surface area (Å²) in [7, 11) is 0. The highest BCUT2D eigenvalue weighted by Gasteiger charge is 2.53. The zero-order valence-electron chi connectivity index (χ0n) is 22.0. The molecule has 1 heterocycles. The van der Waals surface area contributed by atoms with Gasteiger partial charge in [-0.2, -0.15) is 13.2 Å². The molecule has 7 nitrogen and oxygen atoms in total. The Hall–Kier alpha value is -5.19. The summed E-state index contributed by atoms with van der Waals surface area (Å²) in [5, 5.41) is 2.42. The molecule has 0 radical (unpaired) electrons. The fraction of sp³-hybridized carbons (Fsp3) is 0.129. The quantitative estimate of drug-likeness (QED) is 0.154. The average Bonchev–Trinajstić information content (AvgIpc) is 3.21. The average molecular weight is 580 g/mol. The topological polar surface area (TPSA) is 90.9 Å². The molecule has 4 aromatic carbocycles. The van der Waals surface area contributed by atoms with E-state index in [1.807, 2.05) is 0 Å². The highest BCUT2D eigenvalue weighted by atomic mass is 19.4. The Morgan fingerprint density at radius 1 is 0.714 bits per heavy atom. The van der Waals surface area contributed by atoms with Gasteiger partial charge in [0.05, 0.1) is 5.69 Å². The number of carbonyl (C=O) groups is 3. The van der Waals surface area contributed by atoms with Crippen molar-refractivity contribution in [2.24, 2.45) is 0 Å². The summed E-state index contributed by atoms with van der Waals surface area (Å²) in [6.07, 6.45) is -4.97. The molecule has 0 atom stereocenters. The minimum Gasteiger partial charge on any atom is -0.457 e. The van der Waals surface area contributed by atoms with E-state index in [-0.39, 0.29) is 33.9 Å². The number of benzene rings is 4. The van der Waals surface area contributed by atoms with Crippen molar-refractivity contribution >= 4 is 23.5 Å². The fourth-order valence-electron chi connectivity index (χ4n) is 4.97. The second kappa shape index (κ2) is 10.7. The summed E-state index contributed by atoms with van der Waals surface area (Å²) in [6.45, 7) is 2.43. The van der Waals surface area contributed by atoms with E-state index >= 15 is 0 Å². The number of nitrogens with one attached hydrogen (secondary N) is 1. The minimum atomic E-state index is -4.97. The molecule has 0 spiro atoms. The van der Waals surface area contributed by atoms with Crippen molar-refractivity contribution in [1.82, 2.24) is 0 Å². The molecular formula is C31H21F4NO6. The number of anilines is 1. The molecule has 1 aliphatic rings. The van der Waals surface area contributed by atoms with E-state index in [9.17, 15) is 31.9 Å². The van der Waals surface area contributed by atoms with Crippen LogP contribution in [0.1, 0.15) is 36.1 Å². The maximum absolute atomic E-state index is 14.6. The molecule has 4 aromatic rings. The molecule has 214 valence electrons. The van der Waals surface area contributed by atoms with Crippen LogP contribution in [-0.2, 0) is 26.0 Å². The first-order chi connectivity index (χ1) is 19.9. The van der Waals surface area contributed by atoms with Crippen molar-refractivity contribution in [3.63, 3.8) is 0 Å². The van der Waals surface area contributed by atoms with Gasteiger partial charge in [0.2, 0.25) is 5.91 Å². The van der Waals surface area contributed by atoms with Crippen LogP contribution >= 0.6 is 0 Å². The van der Waals surface area contributed by atoms with Gasteiger partial charge in [-0.15, -0.1) is 0 Å². The molecule has 0 aromatic heterocycles. The predicted molar refractivity (Wildman–Crippen MR) is 142 cm³/mol. The van der Waals surface area contributed by atoms with Crippen LogP contribution in [-0.4, -0.2) is 17.8 Å². The van der Waals surface area contributed by atoms with Crippen LogP contribution in [0.25, 0.3) is 0 Å². The summed E-state index contributed by atoms with van der Waals surface area (Å²) in [5.41, 5.74) is -3.02. The number of ether oxygens (including phenoxy) is 3. The Labute approximate surface area is 236 Å². The second-order valence-corrected chi connectivity index (χ2v) is 9.36. The molecule has 0 saturated carbocycles. The molecule has 1 N–H and O–H groups in total. The van der Waals surface area contributed by atoms with Crippen molar-refractivity contribution in [3.8, 4) is 23.0 Å². The van der Waals surface area contributed by atoms with E-state index in [4.69, 9.17) is 14.2 Å². The standard InChI is InChI=1S/C31H21F4NO6/c1-17(37)40-22-9-3-19(4-10-22)30(20-5-11-23(12-6-20)41-18(2)38)25-15-16-26(42-24-13-7-21(32)8-14-24)27(31(33,34)35)28(25)36-29(30)39/h3-16H,1-2H3,(H,36,39). The lowest BCUT2D eigenvalue weighted by Gasteiger charge is -2.29. The highest BCUT2D eigenvalue weighted by molar-refractivity contribution is 6.12. The highest BCUT2D eigenvalue weighted by Crippen LogP contribution is 2.54. The van der Waals surface area contributed by atoms with Crippen LogP contribution in [0.15, 0.2) is 84.9 Å². The lowest BCUT2D eigenvalue weighted by atomic mass is 9.70. The van der Waals surface area contributed by atoms with Crippen LogP contribution in [0.2, 0.25) is 0 Å². The molecule has 0 unspecified atom stereocenters. The van der Waals surface area contributed by atoms with Crippen LogP contribution in [0.3, 0.4) is 0 Å². The van der Waals surface area contributed by atoms with Crippen LogP contribution in [0.4, 0.5) is 23.2 Å². The van der Waals surface area contributed by atoms with Gasteiger partial charge in [0.15, 0.2) is 0 Å². The third-order valence-electron chi connectivity index (χ3n) is 6.57. The summed E-state index contributed by atoms with van der Waals surface area (Å²) >= 11 is 0. The molecule has 0 aliphatic carbocycles. The first-order valence-corrected chi connectivity index (χ1v) is 12.5. The van der Waals surface area contributed by atoms with Gasteiger partial charge in [0.1, 0.15) is 39.8 Å². The van der Waals surface area contributed by atoms with E-state index in [1.165, 1.54) is 80.6 Å². The van der Waals surface area contributed by atoms with E-state index < -0.39 is 52.3 Å². The molecule has 0 fully saturated rings. The number of rotatable bonds is 6. The molecule has 42 heavy (non-hydrogen) atoms. The number of halogens is 4. The van der Waals surface area contributed by atoms with Crippen LogP contribution in [0, 0.1) is 5.82 Å². The molecule has 0 saturated heterocycles. The fourth-order valence-corrected chi connectivity index (χ4v) is 4.97. The van der Waals surface area contributed by atoms with Crippen molar-refractivity contribution in [2.75, 3.05) is 5.32 Å². The van der Waals surface area contributed by atoms with Crippen molar-refractivity contribution < 1.29 is 46.2 Å². The van der Waals surface area contributed by atoms with Gasteiger partial charge in [0.25, 0.3) is 0 Å². The molecule has 0 bridgehead atoms. The number of carbonyl (C=O) groups excluding carboxylic acids is 3. The molecule has 1 aliphatic heterocycles. The molecular weight excluding hydrogens is 558 g/mol. The summed E-state index contributed by atoms with van der Waals surface area (Å²) in [5.74, 6) is -2.84. The normalized spacial score (nSPS) is 13.6. The van der Waals surface area contributed by atoms with Gasteiger partial charge in [-0.3, -0.25) is 14.4 Å². The van der Waals surface area contributed by atoms with E-state index in [2.05, 4.69) is 5.32 Å². The van der Waals surface area contributed by atoms with Gasteiger partial charge < -0.3 is 19.5 Å². The predicted octanol–water partition coefficient (Wildman–Crippen LogP) is 6.77. The van der Waals surface area contributed by atoms with Crippen molar-refractivity contribution in [1.29, 1.82) is 0 Å². The van der Waals surface area contributed by atoms with Gasteiger partial charge in [0, 0.05) is 19.4 Å². The second-order valence-electron chi connectivity index (χ2n) is 9.36. The number of hydrogen-bond donors (Lipinski definition) is 1. The molecule has 11 heteroatoms. The number of fused-ring (bicyclic) bond motifs is 1. The van der Waals surface area contributed by atoms with E-state index in [0.29, 0.717) is 0 Å². The zero-order valence-corrected chi connectivity index (χ0v) is 22.0. The van der Waals surface area contributed by atoms with Crippen molar-refractivity contribution in [2.45, 2.75) is 25.4 Å². The van der Waals surface area contributed by atoms with E-state index in [0.717, 1.165) is 18.2 Å². The Balaban J connectivity index is 1.73. The largest absolute Gasteiger partial charge is 0.457 e. The lowest BCUT2D eigenvalue weighted by molar-refractivity contribution is -0.138. The number of alkyl halides is 3. The first-order valence-electron chi connectivity index (χ1n) is 12.5. The van der Waals surface area contributed by atoms with Crippen LogP contribution < -0.4 is 19.5 Å². The number of amides is 1. The van der Waals surface area contributed by atoms with Gasteiger partial charge in [-0.1, -0.05) is 30.3 Å². The molecule has 5 rings (SSSR count). The minimum absolute atomic E-state index is 0.0215. The van der Waals surface area contributed by atoms with Crippen LogP contribution in [0.5, 0.6) is 23.0 Å². The third-order valence-corrected chi connectivity index (χ3v) is 6.57. The zero-order chi connectivity index (χ0) is 30.2. The van der Waals surface area contributed by atoms with Gasteiger partial charge >= 0.3 is 18.1 Å². The Kier molecular flexibility index (Phi) is 7.19. The Morgan fingerprint density at radius 3 is 1.64 bits per heavy atom. The van der Waals surface area contributed by atoms with Gasteiger partial charge in [-0.05, 0) is 65.7 Å². The smallest absolute Gasteiger partial charge is 0.422 e. The maximum Gasteiger partial charge on any atom is 0.422 e. The first kappa shape index (κ1) is 28.3. The summed E-state index contributed by atoms with van der Waals surface area (Å²) < 4.78 is 72.9.